The van der Waals surface area contributed by atoms with Crippen molar-refractivity contribution in [1.29, 1.82) is 0 Å². The first-order valence-electron chi connectivity index (χ1n) is 3.11. The first kappa shape index (κ1) is 9.39. The number of hydrogen-bond donors (Lipinski definition) is 3. The average molecular weight is 147 g/mol. The SMILES string of the molecule is CC(C)(CCC(=O)O)NO. The lowest BCUT2D eigenvalue weighted by Gasteiger charge is -2.20. The number of nitrogens with one attached hydrogen (secondary N) is 1. The van der Waals surface area contributed by atoms with Crippen LogP contribution >= 0.6 is 0 Å². The largest absolute Gasteiger partial charge is 0.481 e. The molecule has 10 heavy (non-hydrogen) atoms. The summed E-state index contributed by atoms with van der Waals surface area (Å²) < 4.78 is 0. The number of carbonyl (C=O) groups is 1. The molecular formula is C6H13NO3. The molecule has 0 aliphatic rings. The van der Waals surface area contributed by atoms with Crippen LogP contribution in [0.5, 0.6) is 0 Å². The van der Waals surface area contributed by atoms with Crippen molar-refractivity contribution in [2.24, 2.45) is 0 Å². The van der Waals surface area contributed by atoms with Gasteiger partial charge in [0.1, 0.15) is 0 Å². The highest BCUT2D eigenvalue weighted by Crippen LogP contribution is 2.09. The van der Waals surface area contributed by atoms with Gasteiger partial charge in [-0.15, -0.1) is 0 Å². The minimum absolute atomic E-state index is 0.0700. The maximum Gasteiger partial charge on any atom is 0.303 e. The summed E-state index contributed by atoms with van der Waals surface area (Å²) in [7, 11) is 0. The van der Waals surface area contributed by atoms with Crippen molar-refractivity contribution in [2.75, 3.05) is 0 Å². The molecule has 0 aliphatic heterocycles. The van der Waals surface area contributed by atoms with Crippen LogP contribution in [0.15, 0.2) is 0 Å². The Bertz CT molecular complexity index is 122. The number of rotatable bonds is 4. The van der Waals surface area contributed by atoms with Gasteiger partial charge >= 0.3 is 5.97 Å². The number of hydroxylamine groups is 1. The lowest BCUT2D eigenvalue weighted by atomic mass is 10.0. The van der Waals surface area contributed by atoms with Crippen molar-refractivity contribution in [3.63, 3.8) is 0 Å². The molecule has 0 heterocycles. The quantitative estimate of drug-likeness (QED) is 0.509. The van der Waals surface area contributed by atoms with Crippen LogP contribution in [-0.2, 0) is 4.79 Å². The van der Waals surface area contributed by atoms with Crippen molar-refractivity contribution in [3.8, 4) is 0 Å². The molecule has 60 valence electrons. The molecule has 0 spiro atoms. The molecule has 0 amide bonds. The molecule has 0 bridgehead atoms. The molecule has 4 heteroatoms. The van der Waals surface area contributed by atoms with Crippen molar-refractivity contribution >= 4 is 5.97 Å². The van der Waals surface area contributed by atoms with Gasteiger partial charge in [-0.3, -0.25) is 4.79 Å². The van der Waals surface area contributed by atoms with Crippen LogP contribution in [0.1, 0.15) is 26.7 Å². The van der Waals surface area contributed by atoms with Gasteiger partial charge < -0.3 is 10.3 Å². The molecule has 0 aromatic rings. The summed E-state index contributed by atoms with van der Waals surface area (Å²) in [6, 6.07) is 0. The fraction of sp³-hybridized carbons (Fsp3) is 0.833. The van der Waals surface area contributed by atoms with Crippen LogP contribution in [0.3, 0.4) is 0 Å². The second-order valence-electron chi connectivity index (χ2n) is 2.89. The van der Waals surface area contributed by atoms with Crippen molar-refractivity contribution in [3.05, 3.63) is 0 Å². The van der Waals surface area contributed by atoms with Crippen molar-refractivity contribution < 1.29 is 15.1 Å². The molecule has 0 atom stereocenters. The van der Waals surface area contributed by atoms with Crippen LogP contribution in [0.25, 0.3) is 0 Å². The molecule has 3 N–H and O–H groups in total. The van der Waals surface area contributed by atoms with Gasteiger partial charge in [0, 0.05) is 12.0 Å². The minimum atomic E-state index is -0.844. The fourth-order valence-electron chi connectivity index (χ4n) is 0.475. The minimum Gasteiger partial charge on any atom is -0.481 e. The highest BCUT2D eigenvalue weighted by Gasteiger charge is 2.16. The Hall–Kier alpha value is -0.610. The number of carboxylic acid groups (broad SMARTS) is 1. The van der Waals surface area contributed by atoms with Gasteiger partial charge in [0.25, 0.3) is 0 Å². The Labute approximate surface area is 59.8 Å². The lowest BCUT2D eigenvalue weighted by Crippen LogP contribution is -2.36. The highest BCUT2D eigenvalue weighted by molar-refractivity contribution is 5.66. The predicted molar refractivity (Wildman–Crippen MR) is 35.9 cm³/mol. The predicted octanol–water partition coefficient (Wildman–Crippen LogP) is 0.609. The van der Waals surface area contributed by atoms with E-state index < -0.39 is 11.5 Å². The summed E-state index contributed by atoms with van der Waals surface area (Å²) >= 11 is 0. The first-order chi connectivity index (χ1) is 4.48. The van der Waals surface area contributed by atoms with Crippen LogP contribution < -0.4 is 5.48 Å². The molecule has 0 radical (unpaired) electrons. The van der Waals surface area contributed by atoms with Gasteiger partial charge in [0.2, 0.25) is 0 Å². The number of carboxylic acids is 1. The van der Waals surface area contributed by atoms with E-state index in [-0.39, 0.29) is 6.42 Å². The van der Waals surface area contributed by atoms with E-state index in [1.165, 1.54) is 0 Å². The summed E-state index contributed by atoms with van der Waals surface area (Å²) in [6.45, 7) is 3.46. The van der Waals surface area contributed by atoms with Crippen LogP contribution in [0, 0.1) is 0 Å². The Kier molecular flexibility index (Phi) is 3.32. The topological polar surface area (TPSA) is 69.6 Å². The van der Waals surface area contributed by atoms with E-state index in [4.69, 9.17) is 10.3 Å². The van der Waals surface area contributed by atoms with E-state index >= 15 is 0 Å². The third kappa shape index (κ3) is 4.29. The molecule has 0 fully saturated rings. The molecular weight excluding hydrogens is 134 g/mol. The number of aliphatic carboxylic acids is 1. The molecule has 0 aromatic carbocycles. The van der Waals surface area contributed by atoms with Gasteiger partial charge in [-0.05, 0) is 20.3 Å². The van der Waals surface area contributed by atoms with Gasteiger partial charge in [-0.2, -0.15) is 0 Å². The summed E-state index contributed by atoms with van der Waals surface area (Å²) in [5.41, 5.74) is 1.53. The van der Waals surface area contributed by atoms with E-state index in [2.05, 4.69) is 0 Å². The van der Waals surface area contributed by atoms with Crippen molar-refractivity contribution in [2.45, 2.75) is 32.2 Å². The maximum atomic E-state index is 10.1. The Balaban J connectivity index is 3.56. The molecule has 0 saturated carbocycles. The zero-order valence-corrected chi connectivity index (χ0v) is 6.22. The van der Waals surface area contributed by atoms with Gasteiger partial charge in [0.15, 0.2) is 0 Å². The third-order valence-corrected chi connectivity index (χ3v) is 1.27. The first-order valence-corrected chi connectivity index (χ1v) is 3.11. The van der Waals surface area contributed by atoms with E-state index in [0.717, 1.165) is 0 Å². The van der Waals surface area contributed by atoms with Crippen LogP contribution in [0.2, 0.25) is 0 Å². The zero-order chi connectivity index (χ0) is 8.20. The third-order valence-electron chi connectivity index (χ3n) is 1.27. The fourth-order valence-corrected chi connectivity index (χ4v) is 0.475. The summed E-state index contributed by atoms with van der Waals surface area (Å²) in [6.07, 6.45) is 0.486. The summed E-state index contributed by atoms with van der Waals surface area (Å²) in [5, 5.41) is 16.7. The van der Waals surface area contributed by atoms with Crippen LogP contribution in [0.4, 0.5) is 0 Å². The Morgan fingerprint density at radius 2 is 2.10 bits per heavy atom. The standard InChI is InChI=1S/C6H13NO3/c1-6(2,7-10)4-3-5(8)9/h7,10H,3-4H2,1-2H3,(H,8,9). The second-order valence-corrected chi connectivity index (χ2v) is 2.89. The molecule has 0 aromatic heterocycles. The normalized spacial score (nSPS) is 11.5. The Morgan fingerprint density at radius 1 is 1.60 bits per heavy atom. The Morgan fingerprint density at radius 3 is 2.40 bits per heavy atom. The zero-order valence-electron chi connectivity index (χ0n) is 6.22. The van der Waals surface area contributed by atoms with Gasteiger partial charge in [-0.1, -0.05) is 0 Å². The van der Waals surface area contributed by atoms with Crippen molar-refractivity contribution in [1.82, 2.24) is 5.48 Å². The highest BCUT2D eigenvalue weighted by atomic mass is 16.5. The monoisotopic (exact) mass is 147 g/mol. The van der Waals surface area contributed by atoms with Crippen LogP contribution in [-0.4, -0.2) is 21.8 Å². The molecule has 0 rings (SSSR count). The molecule has 0 saturated heterocycles. The van der Waals surface area contributed by atoms with E-state index in [9.17, 15) is 4.79 Å². The molecule has 0 unspecified atom stereocenters. The molecule has 4 nitrogen and oxygen atoms in total. The number of hydrogen-bond acceptors (Lipinski definition) is 3. The van der Waals surface area contributed by atoms with E-state index in [0.29, 0.717) is 6.42 Å². The van der Waals surface area contributed by atoms with E-state index in [1.54, 1.807) is 13.8 Å². The average Bonchev–Trinajstić information content (AvgIpc) is 1.85. The smallest absolute Gasteiger partial charge is 0.303 e. The lowest BCUT2D eigenvalue weighted by molar-refractivity contribution is -0.137. The van der Waals surface area contributed by atoms with E-state index in [1.807, 2.05) is 5.48 Å². The van der Waals surface area contributed by atoms with Gasteiger partial charge in [0.05, 0.1) is 0 Å². The second kappa shape index (κ2) is 3.53. The van der Waals surface area contributed by atoms with Gasteiger partial charge in [-0.25, -0.2) is 5.48 Å². The summed E-state index contributed by atoms with van der Waals surface area (Å²) in [4.78, 5) is 10.1. The summed E-state index contributed by atoms with van der Waals surface area (Å²) in [5.74, 6) is -0.844. The maximum absolute atomic E-state index is 10.1. The molecule has 0 aliphatic carbocycles.